The SMILES string of the molecule is O=C(NCCO)C(=O)NCC1COC2(CCCCC2)O1. The summed E-state index contributed by atoms with van der Waals surface area (Å²) in [5, 5.41) is 13.4. The van der Waals surface area contributed by atoms with Crippen LogP contribution in [0.15, 0.2) is 0 Å². The summed E-state index contributed by atoms with van der Waals surface area (Å²) in [6.45, 7) is 0.575. The molecule has 114 valence electrons. The second-order valence-corrected chi connectivity index (χ2v) is 5.21. The van der Waals surface area contributed by atoms with E-state index in [-0.39, 0.29) is 25.8 Å². The molecule has 1 aliphatic heterocycles. The average Bonchev–Trinajstić information content (AvgIpc) is 2.85. The van der Waals surface area contributed by atoms with E-state index in [1.54, 1.807) is 0 Å². The predicted octanol–water partition coefficient (Wildman–Crippen LogP) is -0.713. The summed E-state index contributed by atoms with van der Waals surface area (Å²) < 4.78 is 11.6. The van der Waals surface area contributed by atoms with Gasteiger partial charge in [-0.1, -0.05) is 6.42 Å². The molecule has 1 atom stereocenters. The number of amides is 2. The summed E-state index contributed by atoms with van der Waals surface area (Å²) in [4.78, 5) is 22.8. The number of ether oxygens (including phenoxy) is 2. The standard InChI is InChI=1S/C13H22N2O5/c16-7-6-14-11(17)12(18)15-8-10-9-19-13(20-10)4-2-1-3-5-13/h10,16H,1-9H2,(H,14,17)(H,15,18). The van der Waals surface area contributed by atoms with Gasteiger partial charge in [-0.05, 0) is 12.8 Å². The Morgan fingerprint density at radius 1 is 1.15 bits per heavy atom. The van der Waals surface area contributed by atoms with E-state index in [0.717, 1.165) is 25.7 Å². The van der Waals surface area contributed by atoms with E-state index in [1.165, 1.54) is 6.42 Å². The van der Waals surface area contributed by atoms with Crippen molar-refractivity contribution in [2.24, 2.45) is 0 Å². The molecule has 1 saturated heterocycles. The molecule has 1 heterocycles. The zero-order chi connectivity index (χ0) is 14.4. The van der Waals surface area contributed by atoms with E-state index in [4.69, 9.17) is 14.6 Å². The molecule has 7 heteroatoms. The van der Waals surface area contributed by atoms with Crippen LogP contribution in [0.1, 0.15) is 32.1 Å². The summed E-state index contributed by atoms with van der Waals surface area (Å²) in [5.41, 5.74) is 0. The van der Waals surface area contributed by atoms with Gasteiger partial charge in [-0.3, -0.25) is 9.59 Å². The third-order valence-corrected chi connectivity index (χ3v) is 3.62. The van der Waals surface area contributed by atoms with Crippen LogP contribution in [0.3, 0.4) is 0 Å². The van der Waals surface area contributed by atoms with Gasteiger partial charge in [0.25, 0.3) is 0 Å². The van der Waals surface area contributed by atoms with Crippen molar-refractivity contribution in [2.45, 2.75) is 44.0 Å². The summed E-state index contributed by atoms with van der Waals surface area (Å²) in [6, 6.07) is 0. The molecule has 2 aliphatic rings. The van der Waals surface area contributed by atoms with Crippen molar-refractivity contribution in [3.63, 3.8) is 0 Å². The van der Waals surface area contributed by atoms with Crippen LogP contribution in [0.4, 0.5) is 0 Å². The summed E-state index contributed by atoms with van der Waals surface area (Å²) in [5.74, 6) is -1.93. The molecule has 20 heavy (non-hydrogen) atoms. The molecule has 0 aromatic rings. The Bertz CT molecular complexity index is 355. The van der Waals surface area contributed by atoms with E-state index in [2.05, 4.69) is 10.6 Å². The number of carbonyl (C=O) groups excluding carboxylic acids is 2. The van der Waals surface area contributed by atoms with Crippen molar-refractivity contribution >= 4 is 11.8 Å². The lowest BCUT2D eigenvalue weighted by Gasteiger charge is -2.31. The van der Waals surface area contributed by atoms with Gasteiger partial charge in [0.2, 0.25) is 0 Å². The first-order chi connectivity index (χ1) is 9.65. The van der Waals surface area contributed by atoms with Crippen molar-refractivity contribution in [1.29, 1.82) is 0 Å². The fraction of sp³-hybridized carbons (Fsp3) is 0.846. The Balaban J connectivity index is 1.70. The topological polar surface area (TPSA) is 96.9 Å². The molecule has 2 amide bonds. The lowest BCUT2D eigenvalue weighted by Crippen LogP contribution is -2.44. The maximum Gasteiger partial charge on any atom is 0.309 e. The van der Waals surface area contributed by atoms with Crippen LogP contribution in [0.5, 0.6) is 0 Å². The molecule has 1 unspecified atom stereocenters. The van der Waals surface area contributed by atoms with Gasteiger partial charge in [-0.2, -0.15) is 0 Å². The summed E-state index contributed by atoms with van der Waals surface area (Å²) >= 11 is 0. The normalized spacial score (nSPS) is 24.6. The van der Waals surface area contributed by atoms with Gasteiger partial charge in [0.15, 0.2) is 5.79 Å². The molecule has 3 N–H and O–H groups in total. The molecular weight excluding hydrogens is 264 g/mol. The fourth-order valence-corrected chi connectivity index (χ4v) is 2.61. The highest BCUT2D eigenvalue weighted by molar-refractivity contribution is 6.35. The van der Waals surface area contributed by atoms with E-state index in [9.17, 15) is 9.59 Å². The van der Waals surface area contributed by atoms with Crippen LogP contribution in [-0.4, -0.2) is 55.1 Å². The quantitative estimate of drug-likeness (QED) is 0.593. The van der Waals surface area contributed by atoms with E-state index >= 15 is 0 Å². The summed E-state index contributed by atoms with van der Waals surface area (Å²) in [6.07, 6.45) is 5.00. The number of nitrogens with one attached hydrogen (secondary N) is 2. The molecule has 7 nitrogen and oxygen atoms in total. The minimum absolute atomic E-state index is 0.0679. The van der Waals surface area contributed by atoms with Gasteiger partial charge in [0.05, 0.1) is 13.2 Å². The Morgan fingerprint density at radius 3 is 2.55 bits per heavy atom. The van der Waals surface area contributed by atoms with Crippen LogP contribution in [0, 0.1) is 0 Å². The number of hydrogen-bond acceptors (Lipinski definition) is 5. The zero-order valence-electron chi connectivity index (χ0n) is 11.5. The molecule has 1 spiro atoms. The Labute approximate surface area is 118 Å². The monoisotopic (exact) mass is 286 g/mol. The first-order valence-corrected chi connectivity index (χ1v) is 7.14. The third-order valence-electron chi connectivity index (χ3n) is 3.62. The molecule has 0 aromatic heterocycles. The number of aliphatic hydroxyl groups excluding tert-OH is 1. The second kappa shape index (κ2) is 7.01. The van der Waals surface area contributed by atoms with Crippen LogP contribution in [-0.2, 0) is 19.1 Å². The van der Waals surface area contributed by atoms with Gasteiger partial charge in [0.1, 0.15) is 6.10 Å². The Kier molecular flexibility index (Phi) is 5.33. The number of rotatable bonds is 4. The van der Waals surface area contributed by atoms with Crippen molar-refractivity contribution < 1.29 is 24.2 Å². The number of hydrogen-bond donors (Lipinski definition) is 3. The van der Waals surface area contributed by atoms with Crippen LogP contribution in [0.25, 0.3) is 0 Å². The molecule has 1 saturated carbocycles. The molecule has 0 aromatic carbocycles. The molecule has 2 rings (SSSR count). The van der Waals surface area contributed by atoms with Gasteiger partial charge in [-0.25, -0.2) is 0 Å². The van der Waals surface area contributed by atoms with Gasteiger partial charge >= 0.3 is 11.8 Å². The number of carbonyl (C=O) groups is 2. The average molecular weight is 286 g/mol. The smallest absolute Gasteiger partial charge is 0.309 e. The Hall–Kier alpha value is -1.18. The van der Waals surface area contributed by atoms with Crippen LogP contribution >= 0.6 is 0 Å². The van der Waals surface area contributed by atoms with Crippen LogP contribution in [0.2, 0.25) is 0 Å². The van der Waals surface area contributed by atoms with Crippen LogP contribution < -0.4 is 10.6 Å². The lowest BCUT2D eigenvalue weighted by atomic mass is 9.94. The van der Waals surface area contributed by atoms with Crippen molar-refractivity contribution in [3.05, 3.63) is 0 Å². The first-order valence-electron chi connectivity index (χ1n) is 7.14. The minimum atomic E-state index is -0.745. The molecule has 2 fully saturated rings. The first kappa shape index (κ1) is 15.2. The minimum Gasteiger partial charge on any atom is -0.395 e. The van der Waals surface area contributed by atoms with E-state index < -0.39 is 17.6 Å². The highest BCUT2D eigenvalue weighted by Crippen LogP contribution is 2.37. The summed E-state index contributed by atoms with van der Waals surface area (Å²) in [7, 11) is 0. The van der Waals surface area contributed by atoms with Crippen molar-refractivity contribution in [3.8, 4) is 0 Å². The van der Waals surface area contributed by atoms with E-state index in [0.29, 0.717) is 6.61 Å². The third kappa shape index (κ3) is 3.91. The van der Waals surface area contributed by atoms with Gasteiger partial charge in [-0.15, -0.1) is 0 Å². The Morgan fingerprint density at radius 2 is 1.85 bits per heavy atom. The predicted molar refractivity (Wildman–Crippen MR) is 69.7 cm³/mol. The lowest BCUT2D eigenvalue weighted by molar-refractivity contribution is -0.186. The number of aliphatic hydroxyl groups is 1. The fourth-order valence-electron chi connectivity index (χ4n) is 2.61. The second-order valence-electron chi connectivity index (χ2n) is 5.21. The zero-order valence-corrected chi connectivity index (χ0v) is 11.5. The van der Waals surface area contributed by atoms with Crippen molar-refractivity contribution in [1.82, 2.24) is 10.6 Å². The molecule has 0 radical (unpaired) electrons. The van der Waals surface area contributed by atoms with Crippen molar-refractivity contribution in [2.75, 3.05) is 26.3 Å². The maximum absolute atomic E-state index is 11.5. The largest absolute Gasteiger partial charge is 0.395 e. The van der Waals surface area contributed by atoms with Gasteiger partial charge in [0, 0.05) is 25.9 Å². The maximum atomic E-state index is 11.5. The molecular formula is C13H22N2O5. The van der Waals surface area contributed by atoms with Gasteiger partial charge < -0.3 is 25.2 Å². The van der Waals surface area contributed by atoms with E-state index in [1.807, 2.05) is 0 Å². The highest BCUT2D eigenvalue weighted by atomic mass is 16.7. The highest BCUT2D eigenvalue weighted by Gasteiger charge is 2.42. The molecule has 1 aliphatic carbocycles. The molecule has 0 bridgehead atoms.